The molecule has 2 amide bonds. The predicted molar refractivity (Wildman–Crippen MR) is 170 cm³/mol. The van der Waals surface area contributed by atoms with Crippen LogP contribution in [0.2, 0.25) is 0 Å². The molecule has 5 aromatic rings. The summed E-state index contributed by atoms with van der Waals surface area (Å²) in [6.07, 6.45) is 6.70. The van der Waals surface area contributed by atoms with Crippen molar-refractivity contribution < 1.29 is 18.7 Å². The van der Waals surface area contributed by atoms with Crippen LogP contribution in [-0.4, -0.2) is 87.2 Å². The van der Waals surface area contributed by atoms with E-state index >= 15 is 0 Å². The smallest absolute Gasteiger partial charge is 0.258 e. The van der Waals surface area contributed by atoms with E-state index in [9.17, 15) is 14.0 Å². The van der Waals surface area contributed by atoms with Gasteiger partial charge in [0.25, 0.3) is 5.91 Å². The number of ether oxygens (including phenoxy) is 1. The number of nitrogens with zero attached hydrogens (tertiary/aromatic N) is 5. The molecule has 4 heterocycles. The maximum Gasteiger partial charge on any atom is 0.258 e. The first-order valence-corrected chi connectivity index (χ1v) is 14.9. The van der Waals surface area contributed by atoms with E-state index < -0.39 is 5.60 Å². The first-order valence-electron chi connectivity index (χ1n) is 14.9. The second-order valence-corrected chi connectivity index (χ2v) is 11.5. The minimum absolute atomic E-state index is 0.0284. The van der Waals surface area contributed by atoms with E-state index in [1.54, 1.807) is 30.6 Å². The van der Waals surface area contributed by atoms with Gasteiger partial charge in [-0.3, -0.25) is 29.6 Å². The Kier molecular flexibility index (Phi) is 7.56. The zero-order valence-electron chi connectivity index (χ0n) is 24.8. The van der Waals surface area contributed by atoms with Crippen LogP contribution in [0.5, 0.6) is 0 Å². The Morgan fingerprint density at radius 1 is 1.00 bits per heavy atom. The zero-order valence-corrected chi connectivity index (χ0v) is 24.8. The number of amides is 2. The van der Waals surface area contributed by atoms with Crippen molar-refractivity contribution in [3.8, 4) is 11.3 Å². The number of likely N-dealkylation sites (tertiary alicyclic amines) is 1. The molecule has 3 aromatic carbocycles. The number of benzene rings is 3. The van der Waals surface area contributed by atoms with Crippen LogP contribution >= 0.6 is 0 Å². The summed E-state index contributed by atoms with van der Waals surface area (Å²) in [5.41, 5.74) is 5.74. The maximum absolute atomic E-state index is 13.6. The Hall–Kier alpha value is -5.00. The summed E-state index contributed by atoms with van der Waals surface area (Å²) in [5, 5.41) is 11.2. The number of anilines is 1. The molecule has 0 unspecified atom stereocenters. The van der Waals surface area contributed by atoms with Crippen molar-refractivity contribution in [1.29, 1.82) is 0 Å². The number of H-pyrrole nitrogens is 1. The van der Waals surface area contributed by atoms with Crippen LogP contribution in [0, 0.1) is 5.82 Å². The molecule has 0 bridgehead atoms. The van der Waals surface area contributed by atoms with Crippen molar-refractivity contribution in [3.05, 3.63) is 90.5 Å². The second kappa shape index (κ2) is 11.8. The quantitative estimate of drug-likeness (QED) is 0.277. The number of carbonyl (C=O) groups is 2. The van der Waals surface area contributed by atoms with E-state index in [1.807, 2.05) is 34.1 Å². The molecule has 1 atom stereocenters. The number of halogens is 1. The third-order valence-electron chi connectivity index (χ3n) is 8.81. The average Bonchev–Trinajstić information content (AvgIpc) is 3.70. The fourth-order valence-electron chi connectivity index (χ4n) is 6.21. The summed E-state index contributed by atoms with van der Waals surface area (Å²) in [5.74, 6) is -0.559. The number of rotatable bonds is 7. The van der Waals surface area contributed by atoms with Crippen molar-refractivity contribution in [2.75, 3.05) is 45.2 Å². The summed E-state index contributed by atoms with van der Waals surface area (Å²) < 4.78 is 19.3. The molecule has 228 valence electrons. The Bertz CT molecular complexity index is 1940. The van der Waals surface area contributed by atoms with E-state index in [1.165, 1.54) is 24.8 Å². The molecule has 2 aliphatic rings. The van der Waals surface area contributed by atoms with Gasteiger partial charge in [0.1, 0.15) is 5.82 Å². The van der Waals surface area contributed by atoms with Crippen LogP contribution in [0.4, 0.5) is 10.1 Å². The summed E-state index contributed by atoms with van der Waals surface area (Å²) >= 11 is 0. The number of hydrogen-bond donors (Lipinski definition) is 2. The highest BCUT2D eigenvalue weighted by Crippen LogP contribution is 2.31. The Morgan fingerprint density at radius 2 is 1.80 bits per heavy atom. The van der Waals surface area contributed by atoms with E-state index in [-0.39, 0.29) is 24.2 Å². The van der Waals surface area contributed by atoms with Crippen molar-refractivity contribution in [3.63, 3.8) is 0 Å². The summed E-state index contributed by atoms with van der Waals surface area (Å²) in [7, 11) is 1.53. The van der Waals surface area contributed by atoms with Gasteiger partial charge in [-0.05, 0) is 78.6 Å². The monoisotopic (exact) mass is 605 g/mol. The van der Waals surface area contributed by atoms with Gasteiger partial charge >= 0.3 is 0 Å². The van der Waals surface area contributed by atoms with Crippen molar-refractivity contribution >= 4 is 45.0 Å². The molecular weight excluding hydrogens is 573 g/mol. The maximum atomic E-state index is 13.6. The number of aromatic nitrogens is 4. The molecule has 7 rings (SSSR count). The van der Waals surface area contributed by atoms with Gasteiger partial charge in [-0.1, -0.05) is 12.1 Å². The van der Waals surface area contributed by atoms with Crippen LogP contribution in [0.15, 0.2) is 79.1 Å². The van der Waals surface area contributed by atoms with Crippen LogP contribution in [0.1, 0.15) is 18.4 Å². The van der Waals surface area contributed by atoms with E-state index in [0.29, 0.717) is 44.0 Å². The number of methoxy groups -OCH3 is 1. The fraction of sp³-hybridized carbons (Fsp3) is 0.265. The molecule has 1 saturated heterocycles. The number of hydrogen-bond acceptors (Lipinski definition) is 7. The summed E-state index contributed by atoms with van der Waals surface area (Å²) in [4.78, 5) is 39.4. The molecule has 1 fully saturated rings. The highest BCUT2D eigenvalue weighted by Gasteiger charge is 2.45. The molecule has 2 aliphatic heterocycles. The fourth-order valence-corrected chi connectivity index (χ4v) is 6.21. The standard InChI is InChI=1S/C34H32FN7O3/c1-45-34(33(44)38-26-7-9-28-27(19-26)32(40-39-28)23-2-5-25(35)6-3-23)12-17-41(21-34)20-31(43)42-15-10-22(11-16-42)24-4-8-29-30(18-24)37-14-13-36-29/h2-10,13-14,18-19H,11-12,15-17,20-21H2,1H3,(H,38,44)(H,39,40)/t34-/m0/s1. The lowest BCUT2D eigenvalue weighted by Crippen LogP contribution is -2.48. The van der Waals surface area contributed by atoms with Crippen LogP contribution in [-0.2, 0) is 14.3 Å². The minimum Gasteiger partial charge on any atom is -0.367 e. The van der Waals surface area contributed by atoms with E-state index in [2.05, 4.69) is 37.6 Å². The lowest BCUT2D eigenvalue weighted by molar-refractivity contribution is -0.138. The van der Waals surface area contributed by atoms with Crippen molar-refractivity contribution in [2.24, 2.45) is 0 Å². The molecule has 0 aliphatic carbocycles. The minimum atomic E-state index is -1.08. The summed E-state index contributed by atoms with van der Waals surface area (Å²) in [6.45, 7) is 2.25. The van der Waals surface area contributed by atoms with Gasteiger partial charge in [0.15, 0.2) is 5.60 Å². The van der Waals surface area contributed by atoms with Gasteiger partial charge in [-0.15, -0.1) is 0 Å². The normalized spacial score (nSPS) is 18.8. The molecule has 45 heavy (non-hydrogen) atoms. The molecule has 2 aromatic heterocycles. The number of carbonyl (C=O) groups excluding carboxylic acids is 2. The largest absolute Gasteiger partial charge is 0.367 e. The molecule has 0 spiro atoms. The third-order valence-corrected chi connectivity index (χ3v) is 8.81. The zero-order chi connectivity index (χ0) is 31.0. The first-order chi connectivity index (χ1) is 21.9. The summed E-state index contributed by atoms with van der Waals surface area (Å²) in [6, 6.07) is 17.7. The molecule has 11 heteroatoms. The molecule has 0 radical (unpaired) electrons. The highest BCUT2D eigenvalue weighted by atomic mass is 19.1. The van der Waals surface area contributed by atoms with Gasteiger partial charge in [0, 0.05) is 62.3 Å². The van der Waals surface area contributed by atoms with Gasteiger partial charge in [-0.25, -0.2) is 4.39 Å². The lowest BCUT2D eigenvalue weighted by Gasteiger charge is -2.30. The molecular formula is C34H32FN7O3. The van der Waals surface area contributed by atoms with Gasteiger partial charge < -0.3 is 15.0 Å². The topological polar surface area (TPSA) is 116 Å². The van der Waals surface area contributed by atoms with Crippen LogP contribution in [0.25, 0.3) is 38.8 Å². The van der Waals surface area contributed by atoms with Crippen molar-refractivity contribution in [2.45, 2.75) is 18.4 Å². The first kappa shape index (κ1) is 28.8. The third kappa shape index (κ3) is 5.67. The number of nitrogens with one attached hydrogen (secondary N) is 2. The molecule has 0 saturated carbocycles. The Morgan fingerprint density at radius 3 is 2.58 bits per heavy atom. The van der Waals surface area contributed by atoms with E-state index in [4.69, 9.17) is 4.74 Å². The van der Waals surface area contributed by atoms with E-state index in [0.717, 1.165) is 39.5 Å². The molecule has 2 N–H and O–H groups in total. The van der Waals surface area contributed by atoms with Crippen LogP contribution in [0.3, 0.4) is 0 Å². The Labute approximate surface area is 258 Å². The van der Waals surface area contributed by atoms with Gasteiger partial charge in [-0.2, -0.15) is 5.10 Å². The number of aromatic amines is 1. The lowest BCUT2D eigenvalue weighted by atomic mass is 9.99. The second-order valence-electron chi connectivity index (χ2n) is 11.5. The van der Waals surface area contributed by atoms with Gasteiger partial charge in [0.2, 0.25) is 5.91 Å². The van der Waals surface area contributed by atoms with Gasteiger partial charge in [0.05, 0.1) is 28.8 Å². The predicted octanol–water partition coefficient (Wildman–Crippen LogP) is 4.66. The van der Waals surface area contributed by atoms with Crippen LogP contribution < -0.4 is 5.32 Å². The molecule has 10 nitrogen and oxygen atoms in total. The SMILES string of the molecule is CO[C@@]1(C(=O)Nc2ccc3[nH]nc(-c4ccc(F)cc4)c3c2)CCN(CC(=O)N2CC=C(c3ccc4nccnc4c3)CC2)C1. The Balaban J connectivity index is 0.984. The average molecular weight is 606 g/mol. The number of fused-ring (bicyclic) bond motifs is 2. The highest BCUT2D eigenvalue weighted by molar-refractivity contribution is 6.01. The van der Waals surface area contributed by atoms with Crippen molar-refractivity contribution in [1.82, 2.24) is 30.0 Å².